The van der Waals surface area contributed by atoms with Crippen LogP contribution in [0.15, 0.2) is 27.6 Å². The molecule has 0 bridgehead atoms. The van der Waals surface area contributed by atoms with Crippen LogP contribution in [0.1, 0.15) is 18.4 Å². The van der Waals surface area contributed by atoms with Gasteiger partial charge in [0.2, 0.25) is 0 Å². The molecule has 0 radical (unpaired) electrons. The van der Waals surface area contributed by atoms with Crippen molar-refractivity contribution in [3.63, 3.8) is 0 Å². The Balaban J connectivity index is 3.14. The summed E-state index contributed by atoms with van der Waals surface area (Å²) in [5.74, 6) is 0.193. The van der Waals surface area contributed by atoms with Crippen LogP contribution in [0.3, 0.4) is 0 Å². The van der Waals surface area contributed by atoms with E-state index in [0.717, 1.165) is 4.47 Å². The van der Waals surface area contributed by atoms with Crippen LogP contribution in [0.25, 0.3) is 0 Å². The fourth-order valence-electron chi connectivity index (χ4n) is 1.26. The highest BCUT2D eigenvalue weighted by Crippen LogP contribution is 2.32. The van der Waals surface area contributed by atoms with Gasteiger partial charge in [-0.15, -0.1) is 11.8 Å². The fraction of sp³-hybridized carbons (Fsp3) is 0.400. The Labute approximate surface area is 91.7 Å². The van der Waals surface area contributed by atoms with Crippen LogP contribution in [0.2, 0.25) is 0 Å². The monoisotopic (exact) mass is 260 g/mol. The van der Waals surface area contributed by atoms with E-state index in [0.29, 0.717) is 0 Å². The van der Waals surface area contributed by atoms with E-state index in [1.54, 1.807) is 11.8 Å². The molecule has 13 heavy (non-hydrogen) atoms. The molecule has 1 atom stereocenters. The molecule has 0 aliphatic carbocycles. The van der Waals surface area contributed by atoms with E-state index < -0.39 is 0 Å². The molecule has 0 saturated heterocycles. The lowest BCUT2D eigenvalue weighted by atomic mass is 10.0. The van der Waals surface area contributed by atoms with E-state index in [-0.39, 0.29) is 12.5 Å². The average molecular weight is 261 g/mol. The van der Waals surface area contributed by atoms with Crippen molar-refractivity contribution in [1.82, 2.24) is 0 Å². The first kappa shape index (κ1) is 11.1. The third-order valence-corrected chi connectivity index (χ3v) is 3.49. The second-order valence-electron chi connectivity index (χ2n) is 2.94. The first-order valence-corrected chi connectivity index (χ1v) is 6.15. The summed E-state index contributed by atoms with van der Waals surface area (Å²) in [7, 11) is 0. The minimum absolute atomic E-state index is 0.191. The van der Waals surface area contributed by atoms with Crippen LogP contribution in [0.5, 0.6) is 0 Å². The minimum Gasteiger partial charge on any atom is -0.396 e. The van der Waals surface area contributed by atoms with E-state index in [1.807, 2.05) is 19.1 Å². The molecule has 0 aliphatic heterocycles. The quantitative estimate of drug-likeness (QED) is 0.843. The Kier molecular flexibility index (Phi) is 4.29. The molecule has 0 fully saturated rings. The van der Waals surface area contributed by atoms with E-state index in [1.165, 1.54) is 10.5 Å². The normalized spacial score (nSPS) is 12.9. The van der Waals surface area contributed by atoms with E-state index in [2.05, 4.69) is 28.3 Å². The standard InChI is InChI=1S/C10H13BrOS/c1-7(6-12)10-8(11)4-3-5-9(10)13-2/h3-5,7,12H,6H2,1-2H3. The summed E-state index contributed by atoms with van der Waals surface area (Å²) in [6, 6.07) is 6.11. The fourth-order valence-corrected chi connectivity index (χ4v) is 2.90. The molecule has 0 aromatic heterocycles. The second-order valence-corrected chi connectivity index (χ2v) is 4.64. The van der Waals surface area contributed by atoms with Gasteiger partial charge in [-0.05, 0) is 24.0 Å². The Morgan fingerprint density at radius 1 is 1.54 bits per heavy atom. The van der Waals surface area contributed by atoms with Crippen molar-refractivity contribution >= 4 is 27.7 Å². The topological polar surface area (TPSA) is 20.2 Å². The maximum absolute atomic E-state index is 9.10. The summed E-state index contributed by atoms with van der Waals surface area (Å²) in [5, 5.41) is 9.10. The highest BCUT2D eigenvalue weighted by Gasteiger charge is 2.12. The van der Waals surface area contributed by atoms with Crippen molar-refractivity contribution in [2.45, 2.75) is 17.7 Å². The summed E-state index contributed by atoms with van der Waals surface area (Å²) in [4.78, 5) is 1.23. The number of halogens is 1. The van der Waals surface area contributed by atoms with E-state index in [9.17, 15) is 0 Å². The van der Waals surface area contributed by atoms with Gasteiger partial charge in [0, 0.05) is 21.9 Å². The van der Waals surface area contributed by atoms with Gasteiger partial charge in [-0.1, -0.05) is 28.9 Å². The number of rotatable bonds is 3. The summed E-state index contributed by atoms with van der Waals surface area (Å²) in [6.07, 6.45) is 2.05. The smallest absolute Gasteiger partial charge is 0.0497 e. The zero-order valence-electron chi connectivity index (χ0n) is 7.75. The molecule has 1 aromatic rings. The largest absolute Gasteiger partial charge is 0.396 e. The number of hydrogen-bond acceptors (Lipinski definition) is 2. The average Bonchev–Trinajstić information content (AvgIpc) is 2.16. The first-order valence-electron chi connectivity index (χ1n) is 4.14. The molecule has 0 spiro atoms. The number of thioether (sulfide) groups is 1. The summed E-state index contributed by atoms with van der Waals surface area (Å²) >= 11 is 5.22. The highest BCUT2D eigenvalue weighted by molar-refractivity contribution is 9.10. The zero-order chi connectivity index (χ0) is 9.84. The number of benzene rings is 1. The first-order chi connectivity index (χ1) is 6.20. The van der Waals surface area contributed by atoms with Gasteiger partial charge in [0.1, 0.15) is 0 Å². The molecule has 0 saturated carbocycles. The maximum atomic E-state index is 9.10. The molecule has 1 unspecified atom stereocenters. The molecule has 1 rings (SSSR count). The molecular formula is C10H13BrOS. The molecule has 72 valence electrons. The van der Waals surface area contributed by atoms with Crippen molar-refractivity contribution < 1.29 is 5.11 Å². The minimum atomic E-state index is 0.191. The number of aliphatic hydroxyl groups is 1. The predicted molar refractivity (Wildman–Crippen MR) is 61.4 cm³/mol. The zero-order valence-corrected chi connectivity index (χ0v) is 10.2. The third-order valence-electron chi connectivity index (χ3n) is 2.00. The molecule has 1 N–H and O–H groups in total. The van der Waals surface area contributed by atoms with Gasteiger partial charge >= 0.3 is 0 Å². The van der Waals surface area contributed by atoms with Crippen molar-refractivity contribution in [3.05, 3.63) is 28.2 Å². The lowest BCUT2D eigenvalue weighted by Gasteiger charge is -2.14. The maximum Gasteiger partial charge on any atom is 0.0497 e. The van der Waals surface area contributed by atoms with Crippen LogP contribution in [-0.4, -0.2) is 18.0 Å². The SMILES string of the molecule is CSc1cccc(Br)c1C(C)CO. The van der Waals surface area contributed by atoms with Crippen LogP contribution in [0.4, 0.5) is 0 Å². The lowest BCUT2D eigenvalue weighted by Crippen LogP contribution is -2.01. The van der Waals surface area contributed by atoms with Gasteiger partial charge in [-0.3, -0.25) is 0 Å². The molecule has 0 aliphatic rings. The van der Waals surface area contributed by atoms with Gasteiger partial charge in [0.05, 0.1) is 0 Å². The van der Waals surface area contributed by atoms with Gasteiger partial charge in [0.25, 0.3) is 0 Å². The van der Waals surface area contributed by atoms with Crippen molar-refractivity contribution in [3.8, 4) is 0 Å². The Hall–Kier alpha value is 0.01000. The summed E-state index contributed by atoms with van der Waals surface area (Å²) < 4.78 is 1.08. The molecule has 3 heteroatoms. The Morgan fingerprint density at radius 3 is 2.77 bits per heavy atom. The van der Waals surface area contributed by atoms with Gasteiger partial charge in [-0.2, -0.15) is 0 Å². The van der Waals surface area contributed by atoms with Gasteiger partial charge in [0.15, 0.2) is 0 Å². The van der Waals surface area contributed by atoms with Crippen LogP contribution in [-0.2, 0) is 0 Å². The molecule has 0 heterocycles. The second kappa shape index (κ2) is 5.03. The number of aliphatic hydroxyl groups excluding tert-OH is 1. The summed E-state index contributed by atoms with van der Waals surface area (Å²) in [6.45, 7) is 2.22. The Morgan fingerprint density at radius 2 is 2.23 bits per heavy atom. The molecular weight excluding hydrogens is 248 g/mol. The van der Waals surface area contributed by atoms with Gasteiger partial charge < -0.3 is 5.11 Å². The van der Waals surface area contributed by atoms with Crippen molar-refractivity contribution in [2.75, 3.05) is 12.9 Å². The molecule has 1 aromatic carbocycles. The highest BCUT2D eigenvalue weighted by atomic mass is 79.9. The lowest BCUT2D eigenvalue weighted by molar-refractivity contribution is 0.271. The van der Waals surface area contributed by atoms with Crippen molar-refractivity contribution in [2.24, 2.45) is 0 Å². The third kappa shape index (κ3) is 2.48. The van der Waals surface area contributed by atoms with Crippen molar-refractivity contribution in [1.29, 1.82) is 0 Å². The van der Waals surface area contributed by atoms with E-state index >= 15 is 0 Å². The Bertz CT molecular complexity index is 288. The number of hydrogen-bond donors (Lipinski definition) is 1. The van der Waals surface area contributed by atoms with Crippen LogP contribution in [0, 0.1) is 0 Å². The predicted octanol–water partition coefficient (Wildman–Crippen LogP) is 3.27. The van der Waals surface area contributed by atoms with E-state index in [4.69, 9.17) is 5.11 Å². The molecule has 0 amide bonds. The molecule has 1 nitrogen and oxygen atoms in total. The van der Waals surface area contributed by atoms with Crippen LogP contribution >= 0.6 is 27.7 Å². The van der Waals surface area contributed by atoms with Gasteiger partial charge in [-0.25, -0.2) is 0 Å². The summed E-state index contributed by atoms with van der Waals surface area (Å²) in [5.41, 5.74) is 1.21. The van der Waals surface area contributed by atoms with Crippen LogP contribution < -0.4 is 0 Å².